The number of Topliss-reactive ketones (excluding diaryl/α,β-unsaturated/α-hetero) is 1. The Labute approximate surface area is 115 Å². The van der Waals surface area contributed by atoms with E-state index in [9.17, 15) is 4.79 Å². The average Bonchev–Trinajstić information content (AvgIpc) is 2.85. The standard InChI is InChI=1S/C16H22N2O/c1-18-8-7-17-15(11-18)10-16(19)14-6-5-12-3-2-4-13(12)9-14/h5-6,9,15,17H,2-4,7-8,10-11H2,1H3. The molecule has 102 valence electrons. The third kappa shape index (κ3) is 2.88. The topological polar surface area (TPSA) is 32.3 Å². The van der Waals surface area contributed by atoms with E-state index >= 15 is 0 Å². The number of hydrogen-bond acceptors (Lipinski definition) is 3. The molecule has 1 fully saturated rings. The summed E-state index contributed by atoms with van der Waals surface area (Å²) in [5, 5.41) is 3.44. The predicted octanol–water partition coefficient (Wildman–Crippen LogP) is 1.65. The smallest absolute Gasteiger partial charge is 0.164 e. The SMILES string of the molecule is CN1CCNC(CC(=O)c2ccc3c(c2)CCC3)C1. The second-order valence-corrected chi connectivity index (χ2v) is 5.88. The highest BCUT2D eigenvalue weighted by molar-refractivity contribution is 5.96. The summed E-state index contributed by atoms with van der Waals surface area (Å²) >= 11 is 0. The van der Waals surface area contributed by atoms with Gasteiger partial charge in [0.05, 0.1) is 0 Å². The average molecular weight is 258 g/mol. The first-order valence-electron chi connectivity index (χ1n) is 7.29. The summed E-state index contributed by atoms with van der Waals surface area (Å²) in [6.07, 6.45) is 4.17. The van der Waals surface area contributed by atoms with E-state index in [-0.39, 0.29) is 5.78 Å². The number of fused-ring (bicyclic) bond motifs is 1. The van der Waals surface area contributed by atoms with Crippen LogP contribution in [0.2, 0.25) is 0 Å². The molecule has 1 aliphatic heterocycles. The van der Waals surface area contributed by atoms with E-state index in [4.69, 9.17) is 0 Å². The predicted molar refractivity (Wildman–Crippen MR) is 76.7 cm³/mol. The number of carbonyl (C=O) groups excluding carboxylic acids is 1. The molecule has 0 radical (unpaired) electrons. The lowest BCUT2D eigenvalue weighted by Crippen LogP contribution is -2.49. The number of ketones is 1. The molecule has 3 nitrogen and oxygen atoms in total. The maximum atomic E-state index is 12.4. The summed E-state index contributed by atoms with van der Waals surface area (Å²) in [6.45, 7) is 3.03. The van der Waals surface area contributed by atoms with Gasteiger partial charge in [-0.1, -0.05) is 12.1 Å². The van der Waals surface area contributed by atoms with Crippen LogP contribution in [0, 0.1) is 0 Å². The molecule has 0 aromatic heterocycles. The molecule has 2 aliphatic rings. The number of benzene rings is 1. The van der Waals surface area contributed by atoms with Gasteiger partial charge in [0.1, 0.15) is 0 Å². The van der Waals surface area contributed by atoms with Gasteiger partial charge in [-0.15, -0.1) is 0 Å². The number of nitrogens with zero attached hydrogens (tertiary/aromatic N) is 1. The highest BCUT2D eigenvalue weighted by Gasteiger charge is 2.21. The molecule has 0 amide bonds. The lowest BCUT2D eigenvalue weighted by Gasteiger charge is -2.30. The van der Waals surface area contributed by atoms with E-state index in [0.29, 0.717) is 12.5 Å². The van der Waals surface area contributed by atoms with Crippen molar-refractivity contribution in [3.8, 4) is 0 Å². The molecule has 0 bridgehead atoms. The van der Waals surface area contributed by atoms with Crippen molar-refractivity contribution in [2.45, 2.75) is 31.7 Å². The van der Waals surface area contributed by atoms with Gasteiger partial charge in [0.2, 0.25) is 0 Å². The summed E-state index contributed by atoms with van der Waals surface area (Å²) < 4.78 is 0. The fraction of sp³-hybridized carbons (Fsp3) is 0.562. The molecule has 3 rings (SSSR count). The minimum absolute atomic E-state index is 0.280. The first-order valence-corrected chi connectivity index (χ1v) is 7.29. The number of carbonyl (C=O) groups is 1. The molecular formula is C16H22N2O. The first kappa shape index (κ1) is 12.8. The molecule has 1 heterocycles. The van der Waals surface area contributed by atoms with Gasteiger partial charge in [-0.3, -0.25) is 4.79 Å². The summed E-state index contributed by atoms with van der Waals surface area (Å²) in [5.41, 5.74) is 3.72. The number of aryl methyl sites for hydroxylation is 2. The van der Waals surface area contributed by atoms with Crippen LogP contribution in [0.5, 0.6) is 0 Å². The fourth-order valence-corrected chi connectivity index (χ4v) is 3.22. The third-order valence-electron chi connectivity index (χ3n) is 4.31. The summed E-state index contributed by atoms with van der Waals surface area (Å²) in [4.78, 5) is 14.6. The molecule has 1 aromatic carbocycles. The second-order valence-electron chi connectivity index (χ2n) is 5.88. The van der Waals surface area contributed by atoms with Crippen molar-refractivity contribution < 1.29 is 4.79 Å². The van der Waals surface area contributed by atoms with Gasteiger partial charge in [0.25, 0.3) is 0 Å². The van der Waals surface area contributed by atoms with E-state index < -0.39 is 0 Å². The van der Waals surface area contributed by atoms with Crippen LogP contribution in [0.25, 0.3) is 0 Å². The van der Waals surface area contributed by atoms with Crippen molar-refractivity contribution in [3.05, 3.63) is 34.9 Å². The van der Waals surface area contributed by atoms with Gasteiger partial charge in [-0.2, -0.15) is 0 Å². The molecular weight excluding hydrogens is 236 g/mol. The highest BCUT2D eigenvalue weighted by atomic mass is 16.1. The summed E-state index contributed by atoms with van der Waals surface area (Å²) in [5.74, 6) is 0.280. The van der Waals surface area contributed by atoms with Gasteiger partial charge < -0.3 is 10.2 Å². The van der Waals surface area contributed by atoms with Gasteiger partial charge in [0.15, 0.2) is 5.78 Å². The number of likely N-dealkylation sites (N-methyl/N-ethyl adjacent to an activating group) is 1. The van der Waals surface area contributed by atoms with E-state index in [1.165, 1.54) is 24.0 Å². The van der Waals surface area contributed by atoms with Crippen molar-refractivity contribution in [3.63, 3.8) is 0 Å². The maximum absolute atomic E-state index is 12.4. The molecule has 1 N–H and O–H groups in total. The highest BCUT2D eigenvalue weighted by Crippen LogP contribution is 2.23. The molecule has 1 unspecified atom stereocenters. The molecule has 1 atom stereocenters. The van der Waals surface area contributed by atoms with Gasteiger partial charge in [-0.05, 0) is 43.5 Å². The van der Waals surface area contributed by atoms with E-state index in [1.54, 1.807) is 0 Å². The zero-order valence-corrected chi connectivity index (χ0v) is 11.6. The molecule has 1 saturated heterocycles. The Kier molecular flexibility index (Phi) is 3.67. The van der Waals surface area contributed by atoms with Crippen molar-refractivity contribution in [1.82, 2.24) is 10.2 Å². The number of rotatable bonds is 3. The fourth-order valence-electron chi connectivity index (χ4n) is 3.22. The lowest BCUT2D eigenvalue weighted by atomic mass is 9.99. The summed E-state index contributed by atoms with van der Waals surface area (Å²) in [7, 11) is 2.12. The minimum atomic E-state index is 0.280. The molecule has 19 heavy (non-hydrogen) atoms. The Morgan fingerprint density at radius 3 is 3.05 bits per heavy atom. The molecule has 1 aromatic rings. The van der Waals surface area contributed by atoms with Crippen LogP contribution in [0.15, 0.2) is 18.2 Å². The zero-order chi connectivity index (χ0) is 13.2. The number of hydrogen-bond donors (Lipinski definition) is 1. The van der Waals surface area contributed by atoms with Crippen molar-refractivity contribution in [2.24, 2.45) is 0 Å². The monoisotopic (exact) mass is 258 g/mol. The Balaban J connectivity index is 1.67. The van der Waals surface area contributed by atoms with Crippen LogP contribution < -0.4 is 5.32 Å². The Morgan fingerprint density at radius 1 is 1.37 bits per heavy atom. The van der Waals surface area contributed by atoms with Gasteiger partial charge >= 0.3 is 0 Å². The van der Waals surface area contributed by atoms with Gasteiger partial charge in [0, 0.05) is 37.7 Å². The Hall–Kier alpha value is -1.19. The van der Waals surface area contributed by atoms with E-state index in [1.807, 2.05) is 6.07 Å². The zero-order valence-electron chi connectivity index (χ0n) is 11.6. The van der Waals surface area contributed by atoms with Crippen LogP contribution in [-0.4, -0.2) is 43.4 Å². The largest absolute Gasteiger partial charge is 0.311 e. The number of nitrogens with one attached hydrogen (secondary N) is 1. The van der Waals surface area contributed by atoms with Crippen LogP contribution in [-0.2, 0) is 12.8 Å². The summed E-state index contributed by atoms with van der Waals surface area (Å²) in [6, 6.07) is 6.59. The van der Waals surface area contributed by atoms with E-state index in [2.05, 4.69) is 29.4 Å². The van der Waals surface area contributed by atoms with Crippen molar-refractivity contribution >= 4 is 5.78 Å². The first-order chi connectivity index (χ1) is 9.22. The maximum Gasteiger partial charge on any atom is 0.164 e. The van der Waals surface area contributed by atoms with Crippen LogP contribution in [0.4, 0.5) is 0 Å². The van der Waals surface area contributed by atoms with Gasteiger partial charge in [-0.25, -0.2) is 0 Å². The van der Waals surface area contributed by atoms with Crippen LogP contribution >= 0.6 is 0 Å². The third-order valence-corrected chi connectivity index (χ3v) is 4.31. The molecule has 3 heteroatoms. The quantitative estimate of drug-likeness (QED) is 0.837. The molecule has 0 saturated carbocycles. The molecule has 0 spiro atoms. The molecule has 1 aliphatic carbocycles. The lowest BCUT2D eigenvalue weighted by molar-refractivity contribution is 0.0952. The minimum Gasteiger partial charge on any atom is -0.311 e. The van der Waals surface area contributed by atoms with Crippen LogP contribution in [0.1, 0.15) is 34.3 Å². The van der Waals surface area contributed by atoms with Crippen molar-refractivity contribution in [2.75, 3.05) is 26.7 Å². The second kappa shape index (κ2) is 5.43. The van der Waals surface area contributed by atoms with E-state index in [0.717, 1.165) is 31.6 Å². The van der Waals surface area contributed by atoms with Crippen LogP contribution in [0.3, 0.4) is 0 Å². The number of piperazine rings is 1. The van der Waals surface area contributed by atoms with Crippen molar-refractivity contribution in [1.29, 1.82) is 0 Å². The normalized spacial score (nSPS) is 23.3. The Bertz CT molecular complexity index is 484. The Morgan fingerprint density at radius 2 is 2.21 bits per heavy atom.